The van der Waals surface area contributed by atoms with Crippen molar-refractivity contribution in [3.05, 3.63) is 58.5 Å². The van der Waals surface area contributed by atoms with Gasteiger partial charge in [-0.2, -0.15) is 0 Å². The predicted octanol–water partition coefficient (Wildman–Crippen LogP) is 0.340. The number of amides is 1. The molecule has 0 aliphatic rings. The highest BCUT2D eigenvalue weighted by atomic mass is 32.2. The van der Waals surface area contributed by atoms with E-state index >= 15 is 0 Å². The maximum Gasteiger partial charge on any atom is 0.250 e. The van der Waals surface area contributed by atoms with Crippen LogP contribution in [-0.2, 0) is 9.84 Å². The minimum Gasteiger partial charge on any atom is -0.366 e. The summed E-state index contributed by atoms with van der Waals surface area (Å²) in [5, 5.41) is 0. The number of carbonyl (C=O) groups excluding carboxylic acids is 1. The monoisotopic (exact) mass is 292 g/mol. The van der Waals surface area contributed by atoms with Crippen molar-refractivity contribution in [3.8, 4) is 5.69 Å². The number of nitrogens with two attached hydrogens (primary N) is 1. The van der Waals surface area contributed by atoms with Gasteiger partial charge in [-0.3, -0.25) is 9.59 Å². The van der Waals surface area contributed by atoms with Gasteiger partial charge in [0.2, 0.25) is 0 Å². The molecule has 0 atom stereocenters. The van der Waals surface area contributed by atoms with E-state index in [1.54, 1.807) is 0 Å². The summed E-state index contributed by atoms with van der Waals surface area (Å²) in [6, 6.07) is 6.74. The van der Waals surface area contributed by atoms with Crippen LogP contribution in [0.2, 0.25) is 0 Å². The number of hydrogen-bond donors (Lipinski definition) is 1. The molecule has 6 nitrogen and oxygen atoms in total. The van der Waals surface area contributed by atoms with Gasteiger partial charge < -0.3 is 10.3 Å². The molecular weight excluding hydrogens is 280 g/mol. The van der Waals surface area contributed by atoms with Crippen molar-refractivity contribution in [2.24, 2.45) is 5.73 Å². The highest BCUT2D eigenvalue weighted by Crippen LogP contribution is 2.19. The number of pyridine rings is 1. The van der Waals surface area contributed by atoms with Crippen LogP contribution in [-0.4, -0.2) is 25.1 Å². The first-order valence-corrected chi connectivity index (χ1v) is 7.51. The number of sulfone groups is 1. The van der Waals surface area contributed by atoms with Gasteiger partial charge in [0, 0.05) is 30.8 Å². The van der Waals surface area contributed by atoms with Crippen molar-refractivity contribution in [2.75, 3.05) is 6.26 Å². The molecule has 0 saturated carbocycles. The molecular formula is C13H12N2O4S. The van der Waals surface area contributed by atoms with Gasteiger partial charge >= 0.3 is 0 Å². The number of aromatic nitrogens is 1. The largest absolute Gasteiger partial charge is 0.366 e. The van der Waals surface area contributed by atoms with Gasteiger partial charge in [0.15, 0.2) is 15.3 Å². The zero-order valence-corrected chi connectivity index (χ0v) is 11.4. The van der Waals surface area contributed by atoms with E-state index in [4.69, 9.17) is 5.73 Å². The predicted molar refractivity (Wildman–Crippen MR) is 73.7 cm³/mol. The van der Waals surface area contributed by atoms with Crippen LogP contribution in [0.3, 0.4) is 0 Å². The zero-order chi connectivity index (χ0) is 14.9. The van der Waals surface area contributed by atoms with Crippen molar-refractivity contribution in [3.63, 3.8) is 0 Å². The highest BCUT2D eigenvalue weighted by molar-refractivity contribution is 7.90. The number of rotatable bonds is 3. The first kappa shape index (κ1) is 14.0. The summed E-state index contributed by atoms with van der Waals surface area (Å²) in [5.41, 5.74) is 5.59. The van der Waals surface area contributed by atoms with E-state index in [0.717, 1.165) is 6.26 Å². The maximum absolute atomic E-state index is 11.5. The molecule has 20 heavy (non-hydrogen) atoms. The van der Waals surface area contributed by atoms with Crippen molar-refractivity contribution in [1.82, 2.24) is 4.57 Å². The molecule has 2 rings (SSSR count). The Morgan fingerprint density at radius 1 is 1.15 bits per heavy atom. The number of hydrogen-bond acceptors (Lipinski definition) is 4. The van der Waals surface area contributed by atoms with E-state index < -0.39 is 15.7 Å². The molecule has 0 aliphatic heterocycles. The van der Waals surface area contributed by atoms with Crippen LogP contribution in [0.1, 0.15) is 10.4 Å². The first-order valence-electron chi connectivity index (χ1n) is 5.61. The first-order chi connectivity index (χ1) is 9.29. The Bertz CT molecular complexity index is 817. The standard InChI is InChI=1S/C13H12N2O4S/c1-20(18,19)10-2-3-12(11(8-10)13(14)17)15-6-4-9(16)5-7-15/h2-8H,1H3,(H2,14,17). The number of nitrogens with zero attached hydrogens (tertiary/aromatic N) is 1. The van der Waals surface area contributed by atoms with Crippen LogP contribution in [0.15, 0.2) is 52.4 Å². The van der Waals surface area contributed by atoms with Crippen LogP contribution in [0, 0.1) is 0 Å². The highest BCUT2D eigenvalue weighted by Gasteiger charge is 2.15. The van der Waals surface area contributed by atoms with Crippen molar-refractivity contribution in [1.29, 1.82) is 0 Å². The number of benzene rings is 1. The minimum atomic E-state index is -3.43. The van der Waals surface area contributed by atoms with E-state index in [1.807, 2.05) is 0 Å². The smallest absolute Gasteiger partial charge is 0.250 e. The van der Waals surface area contributed by atoms with Crippen molar-refractivity contribution >= 4 is 15.7 Å². The second-order valence-corrected chi connectivity index (χ2v) is 6.27. The summed E-state index contributed by atoms with van der Waals surface area (Å²) in [6.45, 7) is 0. The maximum atomic E-state index is 11.5. The fourth-order valence-electron chi connectivity index (χ4n) is 1.74. The third kappa shape index (κ3) is 2.77. The van der Waals surface area contributed by atoms with Gasteiger partial charge in [0.25, 0.3) is 5.91 Å². The fourth-order valence-corrected chi connectivity index (χ4v) is 2.39. The van der Waals surface area contributed by atoms with E-state index in [0.29, 0.717) is 5.69 Å². The summed E-state index contributed by atoms with van der Waals surface area (Å²) in [7, 11) is -3.43. The van der Waals surface area contributed by atoms with Crippen molar-refractivity contribution in [2.45, 2.75) is 4.90 Å². The van der Waals surface area contributed by atoms with Gasteiger partial charge in [-0.05, 0) is 18.2 Å². The fraction of sp³-hybridized carbons (Fsp3) is 0.0769. The molecule has 0 fully saturated rings. The molecule has 0 radical (unpaired) electrons. The normalized spacial score (nSPS) is 11.2. The summed E-state index contributed by atoms with van der Waals surface area (Å²) in [6.07, 6.45) is 4.00. The molecule has 2 aromatic rings. The molecule has 1 aromatic heterocycles. The van der Waals surface area contributed by atoms with Crippen LogP contribution < -0.4 is 11.2 Å². The van der Waals surface area contributed by atoms with Gasteiger partial charge in [0.1, 0.15) is 0 Å². The van der Waals surface area contributed by atoms with Crippen LogP contribution in [0.5, 0.6) is 0 Å². The van der Waals surface area contributed by atoms with Gasteiger partial charge in [-0.25, -0.2) is 8.42 Å². The third-order valence-electron chi connectivity index (χ3n) is 2.74. The Morgan fingerprint density at radius 3 is 2.25 bits per heavy atom. The minimum absolute atomic E-state index is 0.0103. The molecule has 1 aromatic carbocycles. The summed E-state index contributed by atoms with van der Waals surface area (Å²) in [4.78, 5) is 22.6. The molecule has 0 bridgehead atoms. The molecule has 0 unspecified atom stereocenters. The average Bonchev–Trinajstić information content (AvgIpc) is 2.38. The van der Waals surface area contributed by atoms with E-state index in [2.05, 4.69) is 0 Å². The van der Waals surface area contributed by atoms with E-state index in [1.165, 1.54) is 47.3 Å². The van der Waals surface area contributed by atoms with Crippen LogP contribution in [0.4, 0.5) is 0 Å². The summed E-state index contributed by atoms with van der Waals surface area (Å²) >= 11 is 0. The van der Waals surface area contributed by atoms with Crippen LogP contribution >= 0.6 is 0 Å². The Kier molecular flexibility index (Phi) is 3.46. The molecule has 1 amide bonds. The molecule has 7 heteroatoms. The van der Waals surface area contributed by atoms with E-state index in [9.17, 15) is 18.0 Å². The Labute approximate surface area is 115 Å². The second kappa shape index (κ2) is 4.93. The molecule has 104 valence electrons. The Hall–Kier alpha value is -2.41. The molecule has 0 saturated heterocycles. The Balaban J connectivity index is 2.68. The lowest BCUT2D eigenvalue weighted by Gasteiger charge is -2.11. The lowest BCUT2D eigenvalue weighted by atomic mass is 10.1. The van der Waals surface area contributed by atoms with Gasteiger partial charge in [-0.15, -0.1) is 0 Å². The molecule has 0 spiro atoms. The lowest BCUT2D eigenvalue weighted by Crippen LogP contribution is -2.16. The van der Waals surface area contributed by atoms with Crippen LogP contribution in [0.25, 0.3) is 5.69 Å². The number of primary amides is 1. The second-order valence-electron chi connectivity index (χ2n) is 4.26. The SMILES string of the molecule is CS(=O)(=O)c1ccc(-n2ccc(=O)cc2)c(C(N)=O)c1. The average molecular weight is 292 g/mol. The van der Waals surface area contributed by atoms with Gasteiger partial charge in [0.05, 0.1) is 16.1 Å². The summed E-state index contributed by atoms with van der Waals surface area (Å²) in [5.74, 6) is -0.746. The molecule has 2 N–H and O–H groups in total. The molecule has 1 heterocycles. The molecule has 0 aliphatic carbocycles. The Morgan fingerprint density at radius 2 is 1.75 bits per heavy atom. The summed E-state index contributed by atoms with van der Waals surface area (Å²) < 4.78 is 24.5. The topological polar surface area (TPSA) is 99.2 Å². The van der Waals surface area contributed by atoms with Gasteiger partial charge in [-0.1, -0.05) is 0 Å². The number of carbonyl (C=O) groups is 1. The quantitative estimate of drug-likeness (QED) is 0.881. The zero-order valence-electron chi connectivity index (χ0n) is 10.6. The van der Waals surface area contributed by atoms with E-state index in [-0.39, 0.29) is 15.9 Å². The van der Waals surface area contributed by atoms with Crippen molar-refractivity contribution < 1.29 is 13.2 Å². The third-order valence-corrected chi connectivity index (χ3v) is 3.85. The lowest BCUT2D eigenvalue weighted by molar-refractivity contribution is 0.1000.